The summed E-state index contributed by atoms with van der Waals surface area (Å²) in [5.74, 6) is 0.997. The van der Waals surface area contributed by atoms with Gasteiger partial charge in [-0.3, -0.25) is 0 Å². The topological polar surface area (TPSA) is 62.7 Å². The van der Waals surface area contributed by atoms with Gasteiger partial charge >= 0.3 is 0 Å². The quantitative estimate of drug-likeness (QED) is 0.911. The second kappa shape index (κ2) is 5.30. The third kappa shape index (κ3) is 2.64. The number of rotatable bonds is 3. The second-order valence-electron chi connectivity index (χ2n) is 4.39. The van der Waals surface area contributed by atoms with Crippen LogP contribution in [0.4, 0.5) is 11.9 Å². The number of halogens is 1. The molecule has 5 nitrogen and oxygen atoms in total. The van der Waals surface area contributed by atoms with E-state index in [1.54, 1.807) is 7.05 Å². The van der Waals surface area contributed by atoms with Gasteiger partial charge < -0.3 is 10.6 Å². The summed E-state index contributed by atoms with van der Waals surface area (Å²) < 4.78 is 0. The Kier molecular flexibility index (Phi) is 3.52. The lowest BCUT2D eigenvalue weighted by Crippen LogP contribution is -2.17. The molecular weight excluding hydrogens is 282 g/mol. The molecule has 0 radical (unpaired) electrons. The molecule has 1 unspecified atom stereocenters. The van der Waals surface area contributed by atoms with Crippen molar-refractivity contribution in [2.45, 2.75) is 25.3 Å². The number of hydrogen-bond donors (Lipinski definition) is 2. The van der Waals surface area contributed by atoms with Crippen LogP contribution in [-0.2, 0) is 6.42 Å². The Morgan fingerprint density at radius 2 is 2.16 bits per heavy atom. The number of anilines is 2. The first-order valence-corrected chi connectivity index (χ1v) is 7.44. The summed E-state index contributed by atoms with van der Waals surface area (Å²) in [6.07, 6.45) is 3.44. The SMILES string of the molecule is CNc1nc(Cl)nc(NC2CCCc3sccc32)n1. The molecule has 3 rings (SSSR count). The van der Waals surface area contributed by atoms with Gasteiger partial charge in [-0.15, -0.1) is 11.3 Å². The lowest BCUT2D eigenvalue weighted by molar-refractivity contribution is 0.604. The van der Waals surface area contributed by atoms with Gasteiger partial charge in [0.15, 0.2) is 0 Å². The largest absolute Gasteiger partial charge is 0.357 e. The Bertz CT molecular complexity index is 585. The zero-order valence-electron chi connectivity index (χ0n) is 10.5. The van der Waals surface area contributed by atoms with E-state index >= 15 is 0 Å². The van der Waals surface area contributed by atoms with Crippen molar-refractivity contribution in [1.29, 1.82) is 0 Å². The Labute approximate surface area is 120 Å². The fraction of sp³-hybridized carbons (Fsp3) is 0.417. The molecule has 100 valence electrons. The Morgan fingerprint density at radius 1 is 1.32 bits per heavy atom. The number of thiophene rings is 1. The molecule has 0 saturated carbocycles. The molecule has 0 bridgehead atoms. The average Bonchev–Trinajstić information content (AvgIpc) is 2.87. The molecule has 1 aliphatic carbocycles. The fourth-order valence-electron chi connectivity index (χ4n) is 2.32. The normalized spacial score (nSPS) is 17.9. The predicted octanol–water partition coefficient (Wildman–Crippen LogP) is 3.12. The molecular formula is C12H14ClN5S. The minimum Gasteiger partial charge on any atom is -0.357 e. The predicted molar refractivity (Wildman–Crippen MR) is 78.0 cm³/mol. The molecule has 2 N–H and O–H groups in total. The number of nitrogens with zero attached hydrogens (tertiary/aromatic N) is 3. The van der Waals surface area contributed by atoms with E-state index in [2.05, 4.69) is 37.0 Å². The zero-order chi connectivity index (χ0) is 13.2. The first-order chi connectivity index (χ1) is 9.26. The third-order valence-corrected chi connectivity index (χ3v) is 4.35. The molecule has 2 heterocycles. The van der Waals surface area contributed by atoms with Gasteiger partial charge in [0.1, 0.15) is 0 Å². The summed E-state index contributed by atoms with van der Waals surface area (Å²) in [4.78, 5) is 13.8. The van der Waals surface area contributed by atoms with Crippen LogP contribution in [0.3, 0.4) is 0 Å². The van der Waals surface area contributed by atoms with E-state index in [1.165, 1.54) is 23.3 Å². The monoisotopic (exact) mass is 295 g/mol. The minimum absolute atomic E-state index is 0.197. The van der Waals surface area contributed by atoms with Gasteiger partial charge in [-0.05, 0) is 47.9 Å². The van der Waals surface area contributed by atoms with E-state index in [9.17, 15) is 0 Å². The summed E-state index contributed by atoms with van der Waals surface area (Å²) in [6.45, 7) is 0. The summed E-state index contributed by atoms with van der Waals surface area (Å²) in [7, 11) is 1.76. The van der Waals surface area contributed by atoms with E-state index in [0.717, 1.165) is 6.42 Å². The second-order valence-corrected chi connectivity index (χ2v) is 5.73. The number of fused-ring (bicyclic) bond motifs is 1. The Balaban J connectivity index is 1.85. The van der Waals surface area contributed by atoms with E-state index < -0.39 is 0 Å². The van der Waals surface area contributed by atoms with E-state index in [4.69, 9.17) is 11.6 Å². The molecule has 0 aliphatic heterocycles. The Morgan fingerprint density at radius 3 is 3.00 bits per heavy atom. The maximum Gasteiger partial charge on any atom is 0.229 e. The van der Waals surface area contributed by atoms with Gasteiger partial charge in [0, 0.05) is 11.9 Å². The van der Waals surface area contributed by atoms with Crippen LogP contribution in [0.2, 0.25) is 5.28 Å². The fourth-order valence-corrected chi connectivity index (χ4v) is 3.47. The van der Waals surface area contributed by atoms with E-state index in [1.807, 2.05) is 11.3 Å². The number of aryl methyl sites for hydroxylation is 1. The smallest absolute Gasteiger partial charge is 0.229 e. The van der Waals surface area contributed by atoms with Crippen LogP contribution in [-0.4, -0.2) is 22.0 Å². The van der Waals surface area contributed by atoms with Crippen LogP contribution < -0.4 is 10.6 Å². The van der Waals surface area contributed by atoms with Gasteiger partial charge in [0.05, 0.1) is 6.04 Å². The summed E-state index contributed by atoms with van der Waals surface area (Å²) in [5, 5.41) is 8.57. The minimum atomic E-state index is 0.197. The molecule has 2 aromatic heterocycles. The summed E-state index contributed by atoms with van der Waals surface area (Å²) >= 11 is 7.70. The molecule has 0 amide bonds. The lowest BCUT2D eigenvalue weighted by atomic mass is 9.94. The van der Waals surface area contributed by atoms with Crippen molar-refractivity contribution in [3.8, 4) is 0 Å². The number of nitrogens with one attached hydrogen (secondary N) is 2. The summed E-state index contributed by atoms with van der Waals surface area (Å²) in [6, 6.07) is 2.44. The maximum absolute atomic E-state index is 5.89. The molecule has 0 spiro atoms. The van der Waals surface area contributed by atoms with E-state index in [0.29, 0.717) is 11.9 Å². The van der Waals surface area contributed by atoms with E-state index in [-0.39, 0.29) is 11.3 Å². The molecule has 2 aromatic rings. The molecule has 0 fully saturated rings. The molecule has 19 heavy (non-hydrogen) atoms. The van der Waals surface area contributed by atoms with Crippen LogP contribution in [0.25, 0.3) is 0 Å². The van der Waals surface area contributed by atoms with Crippen LogP contribution in [0, 0.1) is 0 Å². The van der Waals surface area contributed by atoms with Crippen molar-refractivity contribution in [1.82, 2.24) is 15.0 Å². The van der Waals surface area contributed by atoms with Gasteiger partial charge in [-0.2, -0.15) is 15.0 Å². The Hall–Kier alpha value is -1.40. The van der Waals surface area contributed by atoms with Crippen molar-refractivity contribution in [3.63, 3.8) is 0 Å². The zero-order valence-corrected chi connectivity index (χ0v) is 12.1. The van der Waals surface area contributed by atoms with Gasteiger partial charge in [0.2, 0.25) is 17.2 Å². The van der Waals surface area contributed by atoms with Crippen LogP contribution >= 0.6 is 22.9 Å². The highest BCUT2D eigenvalue weighted by Crippen LogP contribution is 2.35. The van der Waals surface area contributed by atoms with Crippen LogP contribution in [0.15, 0.2) is 11.4 Å². The highest BCUT2D eigenvalue weighted by atomic mass is 35.5. The van der Waals surface area contributed by atoms with Crippen molar-refractivity contribution >= 4 is 34.8 Å². The highest BCUT2D eigenvalue weighted by Gasteiger charge is 2.22. The standard InChI is InChI=1S/C12H14ClN5S/c1-14-11-16-10(13)17-12(18-11)15-8-3-2-4-9-7(8)5-6-19-9/h5-6,8H,2-4H2,1H3,(H2,14,15,16,17,18). The van der Waals surface area contributed by atoms with Gasteiger partial charge in [0.25, 0.3) is 0 Å². The summed E-state index contributed by atoms with van der Waals surface area (Å²) in [5.41, 5.74) is 1.36. The number of aromatic nitrogens is 3. The molecule has 0 saturated heterocycles. The van der Waals surface area contributed by atoms with Gasteiger partial charge in [-0.25, -0.2) is 0 Å². The molecule has 7 heteroatoms. The lowest BCUT2D eigenvalue weighted by Gasteiger charge is -2.23. The third-order valence-electron chi connectivity index (χ3n) is 3.19. The first-order valence-electron chi connectivity index (χ1n) is 6.18. The van der Waals surface area contributed by atoms with Gasteiger partial charge in [-0.1, -0.05) is 0 Å². The number of hydrogen-bond acceptors (Lipinski definition) is 6. The van der Waals surface area contributed by atoms with Crippen molar-refractivity contribution in [2.24, 2.45) is 0 Å². The van der Waals surface area contributed by atoms with Crippen LogP contribution in [0.1, 0.15) is 29.3 Å². The van der Waals surface area contributed by atoms with Crippen molar-refractivity contribution < 1.29 is 0 Å². The molecule has 0 aromatic carbocycles. The van der Waals surface area contributed by atoms with Crippen LogP contribution in [0.5, 0.6) is 0 Å². The van der Waals surface area contributed by atoms with Crippen molar-refractivity contribution in [2.75, 3.05) is 17.7 Å². The molecule has 1 aliphatic rings. The maximum atomic E-state index is 5.89. The first kappa shape index (κ1) is 12.6. The average molecular weight is 296 g/mol. The molecule has 1 atom stereocenters. The van der Waals surface area contributed by atoms with Crippen molar-refractivity contribution in [3.05, 3.63) is 27.2 Å². The highest BCUT2D eigenvalue weighted by molar-refractivity contribution is 7.10.